The van der Waals surface area contributed by atoms with Crippen LogP contribution in [0, 0.1) is 0 Å². The van der Waals surface area contributed by atoms with Crippen molar-refractivity contribution < 1.29 is 19.4 Å². The topological polar surface area (TPSA) is 66.8 Å². The third kappa shape index (κ3) is 1.55. The van der Waals surface area contributed by atoms with Gasteiger partial charge in [-0.25, -0.2) is 4.79 Å². The number of esters is 1. The van der Waals surface area contributed by atoms with Gasteiger partial charge in [0.15, 0.2) is 6.73 Å². The van der Waals surface area contributed by atoms with Crippen molar-refractivity contribution in [3.8, 4) is 0 Å². The molecule has 1 amide bonds. The van der Waals surface area contributed by atoms with Gasteiger partial charge in [0.1, 0.15) is 6.04 Å². The molecule has 12 heavy (non-hydrogen) atoms. The van der Waals surface area contributed by atoms with Gasteiger partial charge < -0.3 is 9.84 Å². The molecule has 1 rings (SSSR count). The van der Waals surface area contributed by atoms with Crippen LogP contribution in [0.3, 0.4) is 0 Å². The lowest BCUT2D eigenvalue weighted by atomic mass is 10.2. The van der Waals surface area contributed by atoms with Crippen LogP contribution in [0.1, 0.15) is 13.3 Å². The molecule has 5 nitrogen and oxygen atoms in total. The lowest BCUT2D eigenvalue weighted by molar-refractivity contribution is -0.139. The second-order valence-electron chi connectivity index (χ2n) is 2.61. The van der Waals surface area contributed by atoms with E-state index in [0.717, 1.165) is 0 Å². The van der Waals surface area contributed by atoms with E-state index in [4.69, 9.17) is 5.11 Å². The summed E-state index contributed by atoms with van der Waals surface area (Å²) in [5.74, 6) is -0.640. The molecule has 1 aliphatic heterocycles. The first-order valence-corrected chi connectivity index (χ1v) is 3.71. The van der Waals surface area contributed by atoms with Gasteiger partial charge in [0.25, 0.3) is 0 Å². The van der Waals surface area contributed by atoms with Crippen molar-refractivity contribution in [2.45, 2.75) is 19.4 Å². The van der Waals surface area contributed by atoms with Crippen molar-refractivity contribution in [3.63, 3.8) is 0 Å². The van der Waals surface area contributed by atoms with E-state index in [0.29, 0.717) is 0 Å². The molecule has 0 spiro atoms. The summed E-state index contributed by atoms with van der Waals surface area (Å²) in [7, 11) is 0. The number of hydrogen-bond donors (Lipinski definition) is 1. The van der Waals surface area contributed by atoms with Crippen molar-refractivity contribution in [3.05, 3.63) is 0 Å². The van der Waals surface area contributed by atoms with Crippen molar-refractivity contribution in [2.75, 3.05) is 13.3 Å². The SMILES string of the molecule is CC(=O)N1COC(=O)[C@@H]1CCO. The number of aliphatic hydroxyl groups is 1. The maximum Gasteiger partial charge on any atom is 0.330 e. The Labute approximate surface area is 69.9 Å². The highest BCUT2D eigenvalue weighted by molar-refractivity contribution is 5.85. The summed E-state index contributed by atoms with van der Waals surface area (Å²) in [6, 6.07) is -0.590. The Morgan fingerprint density at radius 1 is 1.83 bits per heavy atom. The Morgan fingerprint density at radius 2 is 2.50 bits per heavy atom. The second kappa shape index (κ2) is 3.53. The van der Waals surface area contributed by atoms with Gasteiger partial charge in [0, 0.05) is 20.0 Å². The summed E-state index contributed by atoms with van der Waals surface area (Å²) in [6.45, 7) is 1.26. The fourth-order valence-electron chi connectivity index (χ4n) is 1.15. The Hall–Kier alpha value is -1.10. The van der Waals surface area contributed by atoms with Crippen LogP contribution in [0.5, 0.6) is 0 Å². The molecule has 1 saturated heterocycles. The van der Waals surface area contributed by atoms with Gasteiger partial charge in [-0.05, 0) is 0 Å². The van der Waals surface area contributed by atoms with Crippen molar-refractivity contribution >= 4 is 11.9 Å². The van der Waals surface area contributed by atoms with E-state index in [1.54, 1.807) is 0 Å². The van der Waals surface area contributed by atoms with Gasteiger partial charge in [-0.1, -0.05) is 0 Å². The Kier molecular flexibility index (Phi) is 2.65. The third-order valence-corrected chi connectivity index (χ3v) is 1.80. The van der Waals surface area contributed by atoms with Crippen LogP contribution < -0.4 is 0 Å². The number of nitrogens with zero attached hydrogens (tertiary/aromatic N) is 1. The summed E-state index contributed by atoms with van der Waals surface area (Å²) >= 11 is 0. The van der Waals surface area contributed by atoms with Crippen molar-refractivity contribution in [1.82, 2.24) is 4.90 Å². The first-order chi connectivity index (χ1) is 5.66. The molecule has 68 valence electrons. The molecule has 5 heteroatoms. The highest BCUT2D eigenvalue weighted by Gasteiger charge is 2.35. The lowest BCUT2D eigenvalue weighted by Gasteiger charge is -2.16. The van der Waals surface area contributed by atoms with Crippen LogP contribution in [-0.2, 0) is 14.3 Å². The fourth-order valence-corrected chi connectivity index (χ4v) is 1.15. The molecule has 0 radical (unpaired) electrons. The average Bonchev–Trinajstić information content (AvgIpc) is 2.34. The number of carbonyl (C=O) groups excluding carboxylic acids is 2. The van der Waals surface area contributed by atoms with Crippen LogP contribution in [0.2, 0.25) is 0 Å². The zero-order valence-electron chi connectivity index (χ0n) is 6.82. The molecule has 1 N–H and O–H groups in total. The Morgan fingerprint density at radius 3 is 3.00 bits per heavy atom. The number of amides is 1. The summed E-state index contributed by atoms with van der Waals surface area (Å²) < 4.78 is 4.65. The van der Waals surface area contributed by atoms with E-state index < -0.39 is 12.0 Å². The molecule has 0 aromatic rings. The van der Waals surface area contributed by atoms with Crippen LogP contribution in [0.25, 0.3) is 0 Å². The maximum absolute atomic E-state index is 11.0. The predicted molar refractivity (Wildman–Crippen MR) is 39.0 cm³/mol. The smallest absolute Gasteiger partial charge is 0.330 e. The molecule has 1 heterocycles. The normalized spacial score (nSPS) is 22.7. The van der Waals surface area contributed by atoms with Gasteiger partial charge in [-0.15, -0.1) is 0 Å². The minimum atomic E-state index is -0.590. The number of aliphatic hydroxyl groups excluding tert-OH is 1. The van der Waals surface area contributed by atoms with Gasteiger partial charge in [0.05, 0.1) is 0 Å². The van der Waals surface area contributed by atoms with Gasteiger partial charge >= 0.3 is 5.97 Å². The van der Waals surface area contributed by atoms with E-state index in [2.05, 4.69) is 4.74 Å². The van der Waals surface area contributed by atoms with E-state index in [1.807, 2.05) is 0 Å². The largest absolute Gasteiger partial charge is 0.443 e. The highest BCUT2D eigenvalue weighted by Crippen LogP contribution is 2.13. The number of hydrogen-bond acceptors (Lipinski definition) is 4. The second-order valence-corrected chi connectivity index (χ2v) is 2.61. The van der Waals surface area contributed by atoms with Crippen LogP contribution in [0.4, 0.5) is 0 Å². The average molecular weight is 173 g/mol. The predicted octanol–water partition coefficient (Wildman–Crippen LogP) is -0.900. The first-order valence-electron chi connectivity index (χ1n) is 3.71. The summed E-state index contributed by atoms with van der Waals surface area (Å²) in [6.07, 6.45) is 0.248. The molecule has 0 saturated carbocycles. The molecule has 1 atom stereocenters. The molecule has 0 aliphatic carbocycles. The van der Waals surface area contributed by atoms with Crippen molar-refractivity contribution in [2.24, 2.45) is 0 Å². The fraction of sp³-hybridized carbons (Fsp3) is 0.714. The van der Waals surface area contributed by atoms with Crippen LogP contribution >= 0.6 is 0 Å². The van der Waals surface area contributed by atoms with Gasteiger partial charge in [0.2, 0.25) is 5.91 Å². The third-order valence-electron chi connectivity index (χ3n) is 1.80. The molecule has 1 aliphatic rings. The maximum atomic E-state index is 11.0. The van der Waals surface area contributed by atoms with Gasteiger partial charge in [-0.2, -0.15) is 0 Å². The number of cyclic esters (lactones) is 1. The number of rotatable bonds is 2. The molecule has 0 aromatic heterocycles. The first kappa shape index (κ1) is 8.99. The number of ether oxygens (including phenoxy) is 1. The molecule has 0 bridgehead atoms. The molecule has 1 fully saturated rings. The zero-order valence-corrected chi connectivity index (χ0v) is 6.82. The van der Waals surface area contributed by atoms with Crippen LogP contribution in [-0.4, -0.2) is 41.3 Å². The van der Waals surface area contributed by atoms with Gasteiger partial charge in [-0.3, -0.25) is 9.69 Å². The molecule has 0 unspecified atom stereocenters. The summed E-state index contributed by atoms with van der Waals surface area (Å²) in [5.41, 5.74) is 0. The van der Waals surface area contributed by atoms with E-state index in [9.17, 15) is 9.59 Å². The minimum absolute atomic E-state index is 0.0127. The van der Waals surface area contributed by atoms with E-state index in [1.165, 1.54) is 11.8 Å². The van der Waals surface area contributed by atoms with Crippen LogP contribution in [0.15, 0.2) is 0 Å². The quantitative estimate of drug-likeness (QED) is 0.549. The van der Waals surface area contributed by atoms with E-state index in [-0.39, 0.29) is 25.7 Å². The molecular weight excluding hydrogens is 162 g/mol. The highest BCUT2D eigenvalue weighted by atomic mass is 16.6. The Bertz CT molecular complexity index is 204. The standard InChI is InChI=1S/C7H11NO4/c1-5(10)8-4-12-7(11)6(8)2-3-9/h6,9H,2-4H2,1H3/t6-/m0/s1. The zero-order chi connectivity index (χ0) is 9.14. The minimum Gasteiger partial charge on any atom is -0.443 e. The Balaban J connectivity index is 2.63. The molecule has 0 aromatic carbocycles. The monoisotopic (exact) mass is 173 g/mol. The van der Waals surface area contributed by atoms with Crippen molar-refractivity contribution in [1.29, 1.82) is 0 Å². The number of carbonyl (C=O) groups is 2. The van der Waals surface area contributed by atoms with E-state index >= 15 is 0 Å². The summed E-state index contributed by atoms with van der Waals surface area (Å²) in [5, 5.41) is 8.60. The summed E-state index contributed by atoms with van der Waals surface area (Å²) in [4.78, 5) is 23.1. The lowest BCUT2D eigenvalue weighted by Crippen LogP contribution is -2.37. The molecular formula is C7H11NO4.